The molecule has 3 atom stereocenters. The van der Waals surface area contributed by atoms with E-state index in [1.54, 1.807) is 6.08 Å². The number of nitrogens with one attached hydrogen (secondary N) is 1. The van der Waals surface area contributed by atoms with Gasteiger partial charge in [-0.05, 0) is 32.1 Å². The molecule has 0 saturated carbocycles. The van der Waals surface area contributed by atoms with Gasteiger partial charge in [-0.25, -0.2) is 4.57 Å². The van der Waals surface area contributed by atoms with Crippen molar-refractivity contribution in [3.05, 3.63) is 24.3 Å². The van der Waals surface area contributed by atoms with E-state index in [9.17, 15) is 19.4 Å². The first-order valence-corrected chi connectivity index (χ1v) is 43.2. The number of likely N-dealkylation sites (N-methyl/N-ethyl adjacent to an activating group) is 1. The first kappa shape index (κ1) is 91.0. The van der Waals surface area contributed by atoms with Gasteiger partial charge in [0.1, 0.15) is 13.2 Å². The first-order chi connectivity index (χ1) is 45.0. The van der Waals surface area contributed by atoms with Crippen molar-refractivity contribution in [1.82, 2.24) is 5.32 Å². The normalized spacial score (nSPS) is 13.5. The smallest absolute Gasteiger partial charge is 0.387 e. The lowest BCUT2D eigenvalue weighted by atomic mass is 10.0. The standard InChI is InChI=1S/C83H165N2O6P/c1-6-8-10-12-14-16-18-20-22-24-26-28-30-32-34-36-37-38-39-40-41-42-43-44-45-46-47-49-51-53-55-57-59-61-63-65-67-69-71-73-75-77-83(87)84-81(80-91-92(88,89)90-79-78-85(3,4)5)82(86)76-74-72-70-68-66-64-62-60-58-56-54-52-50-48-35-33-31-29-27-25-23-21-19-17-15-13-11-9-7-2/h66,68,74,76,81-82,86H,6-65,67,69-73,75,77-80H2,1-5H3,(H-,84,87,88,89)/p+1/b68-66+,76-74+. The minimum atomic E-state index is -4.36. The van der Waals surface area contributed by atoms with Crippen LogP contribution in [0.1, 0.15) is 450 Å². The Labute approximate surface area is 576 Å². The minimum Gasteiger partial charge on any atom is -0.387 e. The second-order valence-corrected chi connectivity index (χ2v) is 31.7. The summed E-state index contributed by atoms with van der Waals surface area (Å²) in [5.41, 5.74) is 0. The number of rotatable bonds is 79. The van der Waals surface area contributed by atoms with Crippen molar-refractivity contribution < 1.29 is 32.9 Å². The number of aliphatic hydroxyl groups excluding tert-OH is 1. The van der Waals surface area contributed by atoms with Crippen molar-refractivity contribution in [2.24, 2.45) is 0 Å². The van der Waals surface area contributed by atoms with E-state index < -0.39 is 20.0 Å². The van der Waals surface area contributed by atoms with Crippen molar-refractivity contribution in [3.8, 4) is 0 Å². The highest BCUT2D eigenvalue weighted by Gasteiger charge is 2.28. The number of amides is 1. The molecule has 0 rings (SSSR count). The van der Waals surface area contributed by atoms with Crippen molar-refractivity contribution in [1.29, 1.82) is 0 Å². The third kappa shape index (κ3) is 76.3. The first-order valence-electron chi connectivity index (χ1n) is 41.7. The molecule has 92 heavy (non-hydrogen) atoms. The Morgan fingerprint density at radius 1 is 0.359 bits per heavy atom. The number of unbranched alkanes of at least 4 members (excludes halogenated alkanes) is 64. The van der Waals surface area contributed by atoms with Gasteiger partial charge in [0.2, 0.25) is 5.91 Å². The molecule has 0 aliphatic heterocycles. The molecule has 0 spiro atoms. The van der Waals surface area contributed by atoms with E-state index in [1.807, 2.05) is 27.2 Å². The van der Waals surface area contributed by atoms with Gasteiger partial charge in [-0.15, -0.1) is 0 Å². The van der Waals surface area contributed by atoms with Crippen LogP contribution in [0.5, 0.6) is 0 Å². The molecule has 3 unspecified atom stereocenters. The predicted octanol–water partition coefficient (Wildman–Crippen LogP) is 27.4. The van der Waals surface area contributed by atoms with E-state index in [-0.39, 0.29) is 19.1 Å². The topological polar surface area (TPSA) is 105 Å². The number of phosphoric acid groups is 1. The average Bonchev–Trinajstić information content (AvgIpc) is 2.68. The maximum atomic E-state index is 13.1. The molecular weight excluding hydrogens is 1150 g/mol. The van der Waals surface area contributed by atoms with Crippen molar-refractivity contribution in [2.75, 3.05) is 40.9 Å². The Bertz CT molecular complexity index is 1550. The maximum absolute atomic E-state index is 13.1. The van der Waals surface area contributed by atoms with Crippen molar-refractivity contribution in [3.63, 3.8) is 0 Å². The van der Waals surface area contributed by atoms with Gasteiger partial charge in [-0.1, -0.05) is 436 Å². The zero-order valence-corrected chi connectivity index (χ0v) is 64.0. The fraction of sp³-hybridized carbons (Fsp3) is 0.940. The molecule has 3 N–H and O–H groups in total. The second kappa shape index (κ2) is 74.2. The highest BCUT2D eigenvalue weighted by Crippen LogP contribution is 2.43. The Balaban J connectivity index is 3.90. The molecule has 0 fully saturated rings. The Morgan fingerprint density at radius 3 is 0.870 bits per heavy atom. The summed E-state index contributed by atoms with van der Waals surface area (Å²) in [5.74, 6) is -0.176. The number of carbonyl (C=O) groups excluding carboxylic acids is 1. The SMILES string of the molecule is CCCCCCCCCCCCCCCCCCCCCCCCC/C=C/CC/C=C/C(O)C(COP(=O)(O)OCC[N+](C)(C)C)NC(=O)CCCCCCCCCCCCCCCCCCCCCCCCCCCCCCCCCCCCCCCCCCC. The Kier molecular flexibility index (Phi) is 73.4. The number of aliphatic hydroxyl groups is 1. The third-order valence-electron chi connectivity index (χ3n) is 19.7. The molecule has 0 aliphatic carbocycles. The number of quaternary nitrogens is 1. The van der Waals surface area contributed by atoms with Crippen LogP contribution in [0.15, 0.2) is 24.3 Å². The Morgan fingerprint density at radius 2 is 0.598 bits per heavy atom. The van der Waals surface area contributed by atoms with Gasteiger partial charge in [-0.2, -0.15) is 0 Å². The van der Waals surface area contributed by atoms with Crippen LogP contribution in [-0.4, -0.2) is 73.4 Å². The van der Waals surface area contributed by atoms with E-state index in [1.165, 1.54) is 392 Å². The Hall–Kier alpha value is -1.02. The summed E-state index contributed by atoms with van der Waals surface area (Å²) in [7, 11) is 1.58. The van der Waals surface area contributed by atoms with Crippen LogP contribution >= 0.6 is 7.82 Å². The minimum absolute atomic E-state index is 0.0593. The van der Waals surface area contributed by atoms with E-state index >= 15 is 0 Å². The van der Waals surface area contributed by atoms with E-state index in [0.717, 1.165) is 38.5 Å². The van der Waals surface area contributed by atoms with Crippen LogP contribution in [0.2, 0.25) is 0 Å². The summed E-state index contributed by atoms with van der Waals surface area (Å²) < 4.78 is 23.9. The van der Waals surface area contributed by atoms with Crippen LogP contribution in [0.4, 0.5) is 0 Å². The van der Waals surface area contributed by atoms with Crippen LogP contribution in [0, 0.1) is 0 Å². The molecule has 0 aromatic heterocycles. The number of phosphoric ester groups is 1. The molecule has 0 aromatic rings. The van der Waals surface area contributed by atoms with Crippen LogP contribution in [-0.2, 0) is 18.4 Å². The summed E-state index contributed by atoms with van der Waals surface area (Å²) in [4.78, 5) is 23.5. The van der Waals surface area contributed by atoms with Crippen LogP contribution in [0.3, 0.4) is 0 Å². The summed E-state index contributed by atoms with van der Waals surface area (Å²) in [6, 6.07) is -0.863. The molecule has 0 bridgehead atoms. The van der Waals surface area contributed by atoms with Gasteiger partial charge in [-0.3, -0.25) is 13.8 Å². The monoisotopic (exact) mass is 1320 g/mol. The van der Waals surface area contributed by atoms with Gasteiger partial charge in [0.15, 0.2) is 0 Å². The highest BCUT2D eigenvalue weighted by molar-refractivity contribution is 7.47. The van der Waals surface area contributed by atoms with Crippen LogP contribution in [0.25, 0.3) is 0 Å². The van der Waals surface area contributed by atoms with Gasteiger partial charge in [0.05, 0.1) is 39.9 Å². The summed E-state index contributed by atoms with van der Waals surface area (Å²) in [6.07, 6.45) is 99.8. The van der Waals surface area contributed by atoms with Gasteiger partial charge in [0, 0.05) is 6.42 Å². The third-order valence-corrected chi connectivity index (χ3v) is 20.7. The zero-order chi connectivity index (χ0) is 66.9. The van der Waals surface area contributed by atoms with E-state index in [4.69, 9.17) is 9.05 Å². The van der Waals surface area contributed by atoms with Gasteiger partial charge >= 0.3 is 7.82 Å². The fourth-order valence-electron chi connectivity index (χ4n) is 13.2. The average molecular weight is 1320 g/mol. The molecule has 0 heterocycles. The second-order valence-electron chi connectivity index (χ2n) is 30.2. The quantitative estimate of drug-likeness (QED) is 0.0243. The molecule has 8 nitrogen and oxygen atoms in total. The molecule has 0 saturated heterocycles. The fourth-order valence-corrected chi connectivity index (χ4v) is 14.0. The molecule has 0 radical (unpaired) electrons. The maximum Gasteiger partial charge on any atom is 0.472 e. The predicted molar refractivity (Wildman–Crippen MR) is 406 cm³/mol. The summed E-state index contributed by atoms with van der Waals surface area (Å²) >= 11 is 0. The lowest BCUT2D eigenvalue weighted by Gasteiger charge is -2.25. The number of hydrogen-bond acceptors (Lipinski definition) is 5. The molecule has 0 aromatic carbocycles. The molecule has 0 aliphatic rings. The lowest BCUT2D eigenvalue weighted by molar-refractivity contribution is -0.870. The van der Waals surface area contributed by atoms with E-state index in [2.05, 4.69) is 31.3 Å². The highest BCUT2D eigenvalue weighted by atomic mass is 31.2. The molecular formula is C83H166N2O6P+. The molecule has 1 amide bonds. The number of carbonyl (C=O) groups is 1. The van der Waals surface area contributed by atoms with Crippen molar-refractivity contribution >= 4 is 13.7 Å². The van der Waals surface area contributed by atoms with E-state index in [0.29, 0.717) is 17.4 Å². The van der Waals surface area contributed by atoms with Gasteiger partial charge in [0.25, 0.3) is 0 Å². The van der Waals surface area contributed by atoms with Crippen molar-refractivity contribution in [2.45, 2.75) is 463 Å². The number of nitrogens with zero attached hydrogens (tertiary/aromatic N) is 1. The number of allylic oxidation sites excluding steroid dienone is 3. The van der Waals surface area contributed by atoms with Gasteiger partial charge < -0.3 is 19.8 Å². The lowest BCUT2D eigenvalue weighted by Crippen LogP contribution is -2.45. The zero-order valence-electron chi connectivity index (χ0n) is 63.1. The summed E-state index contributed by atoms with van der Waals surface area (Å²) in [5, 5.41) is 14.0. The largest absolute Gasteiger partial charge is 0.472 e. The molecule has 548 valence electrons. The summed E-state index contributed by atoms with van der Waals surface area (Å²) in [6.45, 7) is 4.88. The van der Waals surface area contributed by atoms with Crippen LogP contribution < -0.4 is 5.32 Å². The number of hydrogen-bond donors (Lipinski definition) is 3. The molecule has 9 heteroatoms.